The summed E-state index contributed by atoms with van der Waals surface area (Å²) < 4.78 is 7.48. The van der Waals surface area contributed by atoms with Gasteiger partial charge in [-0.05, 0) is 20.3 Å². The third kappa shape index (κ3) is 4.99. The minimum Gasteiger partial charge on any atom is -0.379 e. The zero-order valence-electron chi connectivity index (χ0n) is 8.94. The molecule has 0 radical (unpaired) electrons. The zero-order chi connectivity index (χ0) is 10.4. The molecular formula is C10H19N3O. The van der Waals surface area contributed by atoms with E-state index in [4.69, 9.17) is 10.5 Å². The fraction of sp³-hybridized carbons (Fsp3) is 0.700. The Labute approximate surface area is 85.1 Å². The van der Waals surface area contributed by atoms with Gasteiger partial charge in [-0.3, -0.25) is 0 Å². The molecule has 1 aromatic heterocycles. The molecule has 14 heavy (non-hydrogen) atoms. The molecule has 0 saturated carbocycles. The standard InChI is InChI=1S/C10H19N3O/c1-10(2,11)8-14-7-3-5-13-6-4-12-9-13/h4,6,9H,3,5,7-8,11H2,1-2H3. The van der Waals surface area contributed by atoms with E-state index in [2.05, 4.69) is 4.98 Å². The maximum absolute atomic E-state index is 5.77. The van der Waals surface area contributed by atoms with Crippen LogP contribution in [-0.4, -0.2) is 28.3 Å². The average molecular weight is 197 g/mol. The summed E-state index contributed by atoms with van der Waals surface area (Å²) in [4.78, 5) is 3.96. The number of hydrogen-bond donors (Lipinski definition) is 1. The predicted molar refractivity (Wildman–Crippen MR) is 55.9 cm³/mol. The third-order valence-electron chi connectivity index (χ3n) is 1.74. The molecule has 0 spiro atoms. The van der Waals surface area contributed by atoms with Crippen LogP contribution >= 0.6 is 0 Å². The molecular weight excluding hydrogens is 178 g/mol. The third-order valence-corrected chi connectivity index (χ3v) is 1.74. The van der Waals surface area contributed by atoms with E-state index in [1.807, 2.05) is 30.9 Å². The van der Waals surface area contributed by atoms with E-state index in [9.17, 15) is 0 Å². The highest BCUT2D eigenvalue weighted by molar-refractivity contribution is 4.73. The van der Waals surface area contributed by atoms with Crippen molar-refractivity contribution < 1.29 is 4.74 Å². The Bertz CT molecular complexity index is 238. The molecule has 1 rings (SSSR count). The Morgan fingerprint density at radius 2 is 2.29 bits per heavy atom. The summed E-state index contributed by atoms with van der Waals surface area (Å²) in [7, 11) is 0. The Balaban J connectivity index is 2.00. The van der Waals surface area contributed by atoms with Gasteiger partial charge in [-0.1, -0.05) is 0 Å². The monoisotopic (exact) mass is 197 g/mol. The second kappa shape index (κ2) is 5.12. The first-order valence-corrected chi connectivity index (χ1v) is 4.90. The lowest BCUT2D eigenvalue weighted by molar-refractivity contribution is 0.0931. The molecule has 0 aliphatic heterocycles. The van der Waals surface area contributed by atoms with Gasteiger partial charge in [-0.15, -0.1) is 0 Å². The molecule has 0 aliphatic rings. The molecule has 4 nitrogen and oxygen atoms in total. The van der Waals surface area contributed by atoms with Gasteiger partial charge in [0.15, 0.2) is 0 Å². The fourth-order valence-corrected chi connectivity index (χ4v) is 1.10. The first kappa shape index (κ1) is 11.2. The SMILES string of the molecule is CC(C)(N)COCCCn1ccnc1. The molecule has 0 fully saturated rings. The van der Waals surface area contributed by atoms with Gasteiger partial charge < -0.3 is 15.0 Å². The summed E-state index contributed by atoms with van der Waals surface area (Å²) in [6.07, 6.45) is 6.54. The Morgan fingerprint density at radius 1 is 1.50 bits per heavy atom. The van der Waals surface area contributed by atoms with Crippen molar-refractivity contribution in [2.75, 3.05) is 13.2 Å². The summed E-state index contributed by atoms with van der Waals surface area (Å²) in [6.45, 7) is 6.23. The lowest BCUT2D eigenvalue weighted by atomic mass is 10.1. The minimum atomic E-state index is -0.227. The van der Waals surface area contributed by atoms with Crippen molar-refractivity contribution in [2.45, 2.75) is 32.4 Å². The second-order valence-corrected chi connectivity index (χ2v) is 4.20. The Kier molecular flexibility index (Phi) is 4.10. The lowest BCUT2D eigenvalue weighted by Crippen LogP contribution is -2.37. The van der Waals surface area contributed by atoms with Gasteiger partial charge in [0.05, 0.1) is 12.9 Å². The summed E-state index contributed by atoms with van der Waals surface area (Å²) in [6, 6.07) is 0. The zero-order valence-corrected chi connectivity index (χ0v) is 8.94. The van der Waals surface area contributed by atoms with Gasteiger partial charge in [0.2, 0.25) is 0 Å². The van der Waals surface area contributed by atoms with E-state index in [1.165, 1.54) is 0 Å². The summed E-state index contributed by atoms with van der Waals surface area (Å²) in [5.74, 6) is 0. The second-order valence-electron chi connectivity index (χ2n) is 4.20. The molecule has 0 amide bonds. The highest BCUT2D eigenvalue weighted by Gasteiger charge is 2.09. The van der Waals surface area contributed by atoms with Crippen LogP contribution < -0.4 is 5.73 Å². The molecule has 0 atom stereocenters. The number of imidazole rings is 1. The van der Waals surface area contributed by atoms with Crippen molar-refractivity contribution in [1.82, 2.24) is 9.55 Å². The maximum Gasteiger partial charge on any atom is 0.0945 e. The van der Waals surface area contributed by atoms with E-state index in [1.54, 1.807) is 6.20 Å². The molecule has 80 valence electrons. The quantitative estimate of drug-likeness (QED) is 0.693. The van der Waals surface area contributed by atoms with Gasteiger partial charge in [-0.25, -0.2) is 4.98 Å². The Hall–Kier alpha value is -0.870. The summed E-state index contributed by atoms with van der Waals surface area (Å²) in [5.41, 5.74) is 5.54. The number of ether oxygens (including phenoxy) is 1. The van der Waals surface area contributed by atoms with Gasteiger partial charge in [0, 0.05) is 31.1 Å². The van der Waals surface area contributed by atoms with Crippen LogP contribution in [0.5, 0.6) is 0 Å². The number of nitrogens with two attached hydrogens (primary N) is 1. The summed E-state index contributed by atoms with van der Waals surface area (Å²) in [5, 5.41) is 0. The van der Waals surface area contributed by atoms with Crippen molar-refractivity contribution in [1.29, 1.82) is 0 Å². The van der Waals surface area contributed by atoms with E-state index < -0.39 is 0 Å². The van der Waals surface area contributed by atoms with Crippen molar-refractivity contribution in [2.24, 2.45) is 5.73 Å². The van der Waals surface area contributed by atoms with E-state index >= 15 is 0 Å². The van der Waals surface area contributed by atoms with Crippen LogP contribution in [0.1, 0.15) is 20.3 Å². The van der Waals surface area contributed by atoms with Crippen molar-refractivity contribution in [3.63, 3.8) is 0 Å². The van der Waals surface area contributed by atoms with Gasteiger partial charge in [0.1, 0.15) is 0 Å². The van der Waals surface area contributed by atoms with Crippen LogP contribution in [0.4, 0.5) is 0 Å². The van der Waals surface area contributed by atoms with Gasteiger partial charge >= 0.3 is 0 Å². The topological polar surface area (TPSA) is 53.1 Å². The molecule has 0 bridgehead atoms. The normalized spacial score (nSPS) is 11.9. The molecule has 4 heteroatoms. The molecule has 0 unspecified atom stereocenters. The van der Waals surface area contributed by atoms with Crippen LogP contribution in [0.3, 0.4) is 0 Å². The number of aryl methyl sites for hydroxylation is 1. The predicted octanol–water partition coefficient (Wildman–Crippen LogP) is 1.03. The highest BCUT2D eigenvalue weighted by Crippen LogP contribution is 1.98. The number of rotatable bonds is 6. The van der Waals surface area contributed by atoms with Crippen molar-refractivity contribution in [3.05, 3.63) is 18.7 Å². The number of aromatic nitrogens is 2. The van der Waals surface area contributed by atoms with Crippen molar-refractivity contribution in [3.8, 4) is 0 Å². The Morgan fingerprint density at radius 3 is 2.86 bits per heavy atom. The molecule has 0 aromatic carbocycles. The van der Waals surface area contributed by atoms with Crippen molar-refractivity contribution >= 4 is 0 Å². The van der Waals surface area contributed by atoms with Crippen LogP contribution in [-0.2, 0) is 11.3 Å². The van der Waals surface area contributed by atoms with E-state index in [0.717, 1.165) is 19.6 Å². The van der Waals surface area contributed by atoms with E-state index in [0.29, 0.717) is 6.61 Å². The smallest absolute Gasteiger partial charge is 0.0945 e. The summed E-state index contributed by atoms with van der Waals surface area (Å²) >= 11 is 0. The van der Waals surface area contributed by atoms with Crippen LogP contribution in [0.2, 0.25) is 0 Å². The van der Waals surface area contributed by atoms with Gasteiger partial charge in [0.25, 0.3) is 0 Å². The molecule has 2 N–H and O–H groups in total. The highest BCUT2D eigenvalue weighted by atomic mass is 16.5. The minimum absolute atomic E-state index is 0.227. The van der Waals surface area contributed by atoms with Crippen LogP contribution in [0.25, 0.3) is 0 Å². The molecule has 0 saturated heterocycles. The van der Waals surface area contributed by atoms with Gasteiger partial charge in [-0.2, -0.15) is 0 Å². The maximum atomic E-state index is 5.77. The first-order chi connectivity index (χ1) is 6.58. The van der Waals surface area contributed by atoms with Crippen LogP contribution in [0.15, 0.2) is 18.7 Å². The molecule has 1 heterocycles. The number of hydrogen-bond acceptors (Lipinski definition) is 3. The molecule has 0 aliphatic carbocycles. The average Bonchev–Trinajstić information content (AvgIpc) is 2.54. The fourth-order valence-electron chi connectivity index (χ4n) is 1.10. The first-order valence-electron chi connectivity index (χ1n) is 4.90. The number of nitrogens with zero attached hydrogens (tertiary/aromatic N) is 2. The van der Waals surface area contributed by atoms with E-state index in [-0.39, 0.29) is 5.54 Å². The van der Waals surface area contributed by atoms with Crippen LogP contribution in [0, 0.1) is 0 Å². The lowest BCUT2D eigenvalue weighted by Gasteiger charge is -2.18. The largest absolute Gasteiger partial charge is 0.379 e. The molecule has 1 aromatic rings.